The Morgan fingerprint density at radius 2 is 1.95 bits per heavy atom. The van der Waals surface area contributed by atoms with Crippen molar-refractivity contribution in [2.24, 2.45) is 5.92 Å². The Morgan fingerprint density at radius 3 is 2.52 bits per heavy atom. The van der Waals surface area contributed by atoms with E-state index in [1.54, 1.807) is 6.92 Å². The Labute approximate surface area is 126 Å². The molecule has 0 unspecified atom stereocenters. The van der Waals surface area contributed by atoms with Crippen LogP contribution in [0.3, 0.4) is 0 Å². The molecular formula is C15H25N5O. The fourth-order valence-corrected chi connectivity index (χ4v) is 2.80. The first-order chi connectivity index (χ1) is 10.0. The van der Waals surface area contributed by atoms with Crippen molar-refractivity contribution >= 4 is 17.5 Å². The fourth-order valence-electron chi connectivity index (χ4n) is 2.80. The van der Waals surface area contributed by atoms with Crippen molar-refractivity contribution < 1.29 is 4.79 Å². The van der Waals surface area contributed by atoms with Crippen molar-refractivity contribution in [2.45, 2.75) is 33.6 Å². The first-order valence-corrected chi connectivity index (χ1v) is 7.53. The van der Waals surface area contributed by atoms with Crippen LogP contribution in [0.25, 0.3) is 0 Å². The van der Waals surface area contributed by atoms with E-state index >= 15 is 0 Å². The van der Waals surface area contributed by atoms with Gasteiger partial charge in [-0.15, -0.1) is 0 Å². The number of carbonyl (C=O) groups excluding carboxylic acids is 1. The highest BCUT2D eigenvalue weighted by Crippen LogP contribution is 2.27. The Hall–Kier alpha value is -1.85. The summed E-state index contributed by atoms with van der Waals surface area (Å²) in [5.74, 6) is 3.35. The molecule has 0 radical (unpaired) electrons. The van der Waals surface area contributed by atoms with Crippen LogP contribution < -0.4 is 15.5 Å². The Bertz CT molecular complexity index is 509. The molecule has 0 bridgehead atoms. The van der Waals surface area contributed by atoms with E-state index < -0.39 is 0 Å². The second kappa shape index (κ2) is 6.74. The third-order valence-corrected chi connectivity index (χ3v) is 4.02. The minimum atomic E-state index is 0.0540. The number of aryl methyl sites for hydroxylation is 1. The van der Waals surface area contributed by atoms with Gasteiger partial charge in [0.2, 0.25) is 5.91 Å². The zero-order valence-corrected chi connectivity index (χ0v) is 13.4. The molecule has 116 valence electrons. The predicted molar refractivity (Wildman–Crippen MR) is 84.7 cm³/mol. The molecule has 1 aromatic heterocycles. The molecule has 1 aliphatic rings. The van der Waals surface area contributed by atoms with Gasteiger partial charge in [-0.1, -0.05) is 0 Å². The van der Waals surface area contributed by atoms with E-state index in [1.165, 1.54) is 0 Å². The van der Waals surface area contributed by atoms with Crippen LogP contribution in [-0.2, 0) is 4.79 Å². The molecule has 21 heavy (non-hydrogen) atoms. The highest BCUT2D eigenvalue weighted by Gasteiger charge is 2.22. The molecular weight excluding hydrogens is 266 g/mol. The van der Waals surface area contributed by atoms with Crippen molar-refractivity contribution in [1.29, 1.82) is 0 Å². The van der Waals surface area contributed by atoms with E-state index in [-0.39, 0.29) is 5.91 Å². The molecule has 2 heterocycles. The number of hydrogen-bond acceptors (Lipinski definition) is 5. The number of anilines is 2. The third-order valence-electron chi connectivity index (χ3n) is 4.02. The fraction of sp³-hybridized carbons (Fsp3) is 0.667. The molecule has 2 rings (SSSR count). The molecule has 1 amide bonds. The van der Waals surface area contributed by atoms with Crippen LogP contribution >= 0.6 is 0 Å². The Kier molecular flexibility index (Phi) is 4.98. The molecule has 1 saturated heterocycles. The molecule has 1 aliphatic heterocycles. The molecule has 6 nitrogen and oxygen atoms in total. The van der Waals surface area contributed by atoms with Gasteiger partial charge in [0.15, 0.2) is 0 Å². The van der Waals surface area contributed by atoms with E-state index in [0.717, 1.165) is 55.5 Å². The van der Waals surface area contributed by atoms with E-state index in [4.69, 9.17) is 0 Å². The lowest BCUT2D eigenvalue weighted by atomic mass is 9.96. The summed E-state index contributed by atoms with van der Waals surface area (Å²) in [7, 11) is 1.89. The number of carbonyl (C=O) groups is 1. The maximum atomic E-state index is 11.0. The van der Waals surface area contributed by atoms with E-state index in [0.29, 0.717) is 5.92 Å². The lowest BCUT2D eigenvalue weighted by Gasteiger charge is -2.34. The molecule has 1 aromatic rings. The molecule has 0 atom stereocenters. The smallest absolute Gasteiger partial charge is 0.216 e. The van der Waals surface area contributed by atoms with Crippen molar-refractivity contribution in [1.82, 2.24) is 15.3 Å². The SMILES string of the molecule is CNc1nc(C)nc(N2CCC(CNC(C)=O)CC2)c1C. The van der Waals surface area contributed by atoms with Gasteiger partial charge in [0, 0.05) is 39.2 Å². The van der Waals surface area contributed by atoms with E-state index in [2.05, 4.69) is 32.4 Å². The van der Waals surface area contributed by atoms with Crippen LogP contribution in [0.2, 0.25) is 0 Å². The summed E-state index contributed by atoms with van der Waals surface area (Å²) in [6, 6.07) is 0. The summed E-state index contributed by atoms with van der Waals surface area (Å²) < 4.78 is 0. The topological polar surface area (TPSA) is 70.2 Å². The van der Waals surface area contributed by atoms with Gasteiger partial charge in [-0.3, -0.25) is 4.79 Å². The molecule has 0 saturated carbocycles. The third kappa shape index (κ3) is 3.83. The summed E-state index contributed by atoms with van der Waals surface area (Å²) in [5.41, 5.74) is 1.10. The summed E-state index contributed by atoms with van der Waals surface area (Å²) in [6.07, 6.45) is 2.16. The minimum Gasteiger partial charge on any atom is -0.373 e. The molecule has 6 heteroatoms. The van der Waals surface area contributed by atoms with Crippen LogP contribution in [0.5, 0.6) is 0 Å². The van der Waals surface area contributed by atoms with Gasteiger partial charge < -0.3 is 15.5 Å². The van der Waals surface area contributed by atoms with Crippen LogP contribution in [0.1, 0.15) is 31.2 Å². The zero-order valence-electron chi connectivity index (χ0n) is 13.4. The van der Waals surface area contributed by atoms with Crippen LogP contribution in [0.4, 0.5) is 11.6 Å². The number of nitrogens with one attached hydrogen (secondary N) is 2. The molecule has 0 aromatic carbocycles. The van der Waals surface area contributed by atoms with Crippen molar-refractivity contribution in [3.63, 3.8) is 0 Å². The molecule has 0 spiro atoms. The summed E-state index contributed by atoms with van der Waals surface area (Å²) in [5, 5.41) is 6.05. The monoisotopic (exact) mass is 291 g/mol. The average Bonchev–Trinajstić information content (AvgIpc) is 2.47. The second-order valence-corrected chi connectivity index (χ2v) is 5.69. The number of rotatable bonds is 4. The van der Waals surface area contributed by atoms with Crippen molar-refractivity contribution in [2.75, 3.05) is 36.9 Å². The minimum absolute atomic E-state index is 0.0540. The number of aromatic nitrogens is 2. The predicted octanol–water partition coefficient (Wildman–Crippen LogP) is 1.49. The summed E-state index contributed by atoms with van der Waals surface area (Å²) >= 11 is 0. The zero-order chi connectivity index (χ0) is 15.4. The lowest BCUT2D eigenvalue weighted by Crippen LogP contribution is -2.39. The first kappa shape index (κ1) is 15.5. The standard InChI is InChI=1S/C15H25N5O/c1-10-14(16-4)18-11(2)19-15(10)20-7-5-13(6-8-20)9-17-12(3)21/h13H,5-9H2,1-4H3,(H,17,21)(H,16,18,19). The summed E-state index contributed by atoms with van der Waals surface area (Å²) in [6.45, 7) is 8.29. The lowest BCUT2D eigenvalue weighted by molar-refractivity contribution is -0.119. The Balaban J connectivity index is 2.02. The first-order valence-electron chi connectivity index (χ1n) is 7.53. The number of piperidine rings is 1. The maximum absolute atomic E-state index is 11.0. The molecule has 2 N–H and O–H groups in total. The van der Waals surface area contributed by atoms with Gasteiger partial charge in [-0.25, -0.2) is 9.97 Å². The largest absolute Gasteiger partial charge is 0.373 e. The quantitative estimate of drug-likeness (QED) is 0.879. The maximum Gasteiger partial charge on any atom is 0.216 e. The van der Waals surface area contributed by atoms with E-state index in [1.807, 2.05) is 14.0 Å². The van der Waals surface area contributed by atoms with Crippen molar-refractivity contribution in [3.05, 3.63) is 11.4 Å². The number of amides is 1. The number of hydrogen-bond donors (Lipinski definition) is 2. The normalized spacial score (nSPS) is 15.9. The average molecular weight is 291 g/mol. The van der Waals surface area contributed by atoms with Crippen LogP contribution in [0.15, 0.2) is 0 Å². The van der Waals surface area contributed by atoms with Gasteiger partial charge in [-0.05, 0) is 32.6 Å². The molecule has 1 fully saturated rings. The van der Waals surface area contributed by atoms with Crippen LogP contribution in [-0.4, -0.2) is 42.6 Å². The van der Waals surface area contributed by atoms with Gasteiger partial charge in [0.05, 0.1) is 0 Å². The second-order valence-electron chi connectivity index (χ2n) is 5.69. The highest BCUT2D eigenvalue weighted by atomic mass is 16.1. The van der Waals surface area contributed by atoms with Gasteiger partial charge in [-0.2, -0.15) is 0 Å². The number of nitrogens with zero attached hydrogens (tertiary/aromatic N) is 3. The Morgan fingerprint density at radius 1 is 1.29 bits per heavy atom. The van der Waals surface area contributed by atoms with Gasteiger partial charge in [0.25, 0.3) is 0 Å². The van der Waals surface area contributed by atoms with Gasteiger partial charge in [0.1, 0.15) is 17.5 Å². The molecule has 0 aliphatic carbocycles. The summed E-state index contributed by atoms with van der Waals surface area (Å²) in [4.78, 5) is 22.3. The van der Waals surface area contributed by atoms with E-state index in [9.17, 15) is 4.79 Å². The van der Waals surface area contributed by atoms with Gasteiger partial charge >= 0.3 is 0 Å². The highest BCUT2D eigenvalue weighted by molar-refractivity contribution is 5.72. The van der Waals surface area contributed by atoms with Crippen molar-refractivity contribution in [3.8, 4) is 0 Å². The van der Waals surface area contributed by atoms with Crippen LogP contribution in [0, 0.1) is 19.8 Å².